The molecule has 142 valence electrons. The van der Waals surface area contributed by atoms with Gasteiger partial charge in [0.1, 0.15) is 0 Å². The summed E-state index contributed by atoms with van der Waals surface area (Å²) in [7, 11) is -3.31. The second kappa shape index (κ2) is 7.28. The van der Waals surface area contributed by atoms with Crippen LogP contribution in [0.5, 0.6) is 0 Å². The molecule has 1 N–H and O–H groups in total. The van der Waals surface area contributed by atoms with E-state index in [9.17, 15) is 8.42 Å². The van der Waals surface area contributed by atoms with Crippen LogP contribution in [0.15, 0.2) is 66.7 Å². The first kappa shape index (κ1) is 18.5. The minimum Gasteiger partial charge on any atom is -0.284 e. The lowest BCUT2D eigenvalue weighted by molar-refractivity contribution is 0.607. The van der Waals surface area contributed by atoms with E-state index in [4.69, 9.17) is 0 Å². The van der Waals surface area contributed by atoms with Gasteiger partial charge in [0.05, 0.1) is 6.26 Å². The summed E-state index contributed by atoms with van der Waals surface area (Å²) in [5.74, 6) is 0. The number of hydrogen-bond acceptors (Lipinski definition) is 2. The third kappa shape index (κ3) is 3.87. The third-order valence-electron chi connectivity index (χ3n) is 5.16. The summed E-state index contributed by atoms with van der Waals surface area (Å²) in [5, 5.41) is 0. The second-order valence-electron chi connectivity index (χ2n) is 7.32. The molecule has 0 fully saturated rings. The van der Waals surface area contributed by atoms with Crippen molar-refractivity contribution in [3.8, 4) is 0 Å². The van der Waals surface area contributed by atoms with Crippen LogP contribution >= 0.6 is 0 Å². The Labute approximate surface area is 166 Å². The fraction of sp³-hybridized carbons (Fsp3) is 0.167. The molecule has 0 saturated heterocycles. The Morgan fingerprint density at radius 1 is 0.857 bits per heavy atom. The van der Waals surface area contributed by atoms with Crippen molar-refractivity contribution in [2.75, 3.05) is 11.0 Å². The minimum absolute atomic E-state index is 0.579. The van der Waals surface area contributed by atoms with Gasteiger partial charge < -0.3 is 0 Å². The lowest BCUT2D eigenvalue weighted by Gasteiger charge is -2.14. The summed E-state index contributed by atoms with van der Waals surface area (Å²) in [6, 6.07) is 22.7. The molecule has 3 aromatic carbocycles. The van der Waals surface area contributed by atoms with Crippen molar-refractivity contribution >= 4 is 27.4 Å². The topological polar surface area (TPSA) is 46.2 Å². The zero-order valence-corrected chi connectivity index (χ0v) is 16.9. The van der Waals surface area contributed by atoms with Gasteiger partial charge in [0.15, 0.2) is 0 Å². The van der Waals surface area contributed by atoms with Gasteiger partial charge in [-0.3, -0.25) is 4.72 Å². The molecule has 28 heavy (non-hydrogen) atoms. The van der Waals surface area contributed by atoms with Crippen LogP contribution in [0.2, 0.25) is 0 Å². The Balaban J connectivity index is 1.91. The highest BCUT2D eigenvalue weighted by atomic mass is 32.2. The molecule has 3 aromatic rings. The first-order valence-corrected chi connectivity index (χ1v) is 11.3. The van der Waals surface area contributed by atoms with Gasteiger partial charge in [-0.25, -0.2) is 8.42 Å². The fourth-order valence-corrected chi connectivity index (χ4v) is 4.36. The maximum absolute atomic E-state index is 11.6. The van der Waals surface area contributed by atoms with E-state index >= 15 is 0 Å². The summed E-state index contributed by atoms with van der Waals surface area (Å²) >= 11 is 0. The number of sulfonamides is 1. The standard InChI is InChI=1S/C24H23NO2S/c1-17-11-14-21(25-28(2,26)27)15-20(17)16-24-22-9-5-3-7-18(22)12-13-19-8-4-6-10-23(19)24/h3-11,14-16,25H,12-13H2,1-2H3. The number of nitrogens with one attached hydrogen (secondary N) is 1. The van der Waals surface area contributed by atoms with Crippen molar-refractivity contribution in [1.29, 1.82) is 0 Å². The highest BCUT2D eigenvalue weighted by Gasteiger charge is 2.18. The number of hydrogen-bond donors (Lipinski definition) is 1. The Morgan fingerprint density at radius 2 is 1.43 bits per heavy atom. The van der Waals surface area contributed by atoms with Gasteiger partial charge in [-0.15, -0.1) is 0 Å². The van der Waals surface area contributed by atoms with E-state index in [-0.39, 0.29) is 0 Å². The Kier molecular flexibility index (Phi) is 4.82. The van der Waals surface area contributed by atoms with Gasteiger partial charge in [-0.1, -0.05) is 54.6 Å². The molecule has 0 aromatic heterocycles. The van der Waals surface area contributed by atoms with Crippen molar-refractivity contribution in [2.24, 2.45) is 0 Å². The number of rotatable bonds is 3. The third-order valence-corrected chi connectivity index (χ3v) is 5.77. The lowest BCUT2D eigenvalue weighted by atomic mass is 9.91. The van der Waals surface area contributed by atoms with E-state index in [1.807, 2.05) is 19.1 Å². The van der Waals surface area contributed by atoms with Crippen molar-refractivity contribution in [1.82, 2.24) is 0 Å². The largest absolute Gasteiger partial charge is 0.284 e. The van der Waals surface area contributed by atoms with Gasteiger partial charge in [0.2, 0.25) is 10.0 Å². The molecule has 0 aliphatic heterocycles. The molecule has 3 nitrogen and oxygen atoms in total. The molecule has 4 heteroatoms. The van der Waals surface area contributed by atoms with Crippen LogP contribution in [0.1, 0.15) is 33.4 Å². The Bertz CT molecular complexity index is 1130. The monoisotopic (exact) mass is 389 g/mol. The number of fused-ring (bicyclic) bond motifs is 2. The number of aryl methyl sites for hydroxylation is 3. The van der Waals surface area contributed by atoms with Crippen LogP contribution in [0, 0.1) is 6.92 Å². The first-order chi connectivity index (χ1) is 13.4. The molecule has 0 radical (unpaired) electrons. The van der Waals surface area contributed by atoms with Gasteiger partial charge in [-0.05, 0) is 76.9 Å². The van der Waals surface area contributed by atoms with Crippen LogP contribution in [0.4, 0.5) is 5.69 Å². The van der Waals surface area contributed by atoms with E-state index in [1.165, 1.54) is 34.1 Å². The van der Waals surface area contributed by atoms with E-state index in [1.54, 1.807) is 6.07 Å². The minimum atomic E-state index is -3.31. The maximum atomic E-state index is 11.6. The molecule has 0 heterocycles. The summed E-state index contributed by atoms with van der Waals surface area (Å²) in [5.41, 5.74) is 9.04. The fourth-order valence-electron chi connectivity index (χ4n) is 3.80. The average molecular weight is 390 g/mol. The van der Waals surface area contributed by atoms with Crippen molar-refractivity contribution < 1.29 is 8.42 Å². The molecule has 1 aliphatic carbocycles. The molecule has 0 unspecified atom stereocenters. The SMILES string of the molecule is Cc1ccc(NS(C)(=O)=O)cc1C=C1c2ccccc2CCc2ccccc21. The predicted molar refractivity (Wildman–Crippen MR) is 117 cm³/mol. The molecule has 0 atom stereocenters. The van der Waals surface area contributed by atoms with Crippen LogP contribution in [-0.2, 0) is 22.9 Å². The van der Waals surface area contributed by atoms with E-state index in [0.29, 0.717) is 5.69 Å². The normalized spacial score (nSPS) is 13.3. The molecular weight excluding hydrogens is 366 g/mol. The molecule has 0 spiro atoms. The van der Waals surface area contributed by atoms with Crippen LogP contribution in [0.25, 0.3) is 11.6 Å². The summed E-state index contributed by atoms with van der Waals surface area (Å²) in [4.78, 5) is 0. The molecule has 0 amide bonds. The van der Waals surface area contributed by atoms with Crippen molar-refractivity contribution in [2.45, 2.75) is 19.8 Å². The van der Waals surface area contributed by atoms with E-state index in [2.05, 4.69) is 59.3 Å². The molecule has 4 rings (SSSR count). The first-order valence-electron chi connectivity index (χ1n) is 9.37. The van der Waals surface area contributed by atoms with Crippen LogP contribution in [0.3, 0.4) is 0 Å². The molecular formula is C24H23NO2S. The molecule has 0 bridgehead atoms. The highest BCUT2D eigenvalue weighted by Crippen LogP contribution is 2.35. The maximum Gasteiger partial charge on any atom is 0.229 e. The lowest BCUT2D eigenvalue weighted by Crippen LogP contribution is -2.09. The van der Waals surface area contributed by atoms with Crippen LogP contribution < -0.4 is 4.72 Å². The van der Waals surface area contributed by atoms with Crippen molar-refractivity contribution in [3.63, 3.8) is 0 Å². The van der Waals surface area contributed by atoms with Gasteiger partial charge >= 0.3 is 0 Å². The summed E-state index contributed by atoms with van der Waals surface area (Å²) in [6.07, 6.45) is 5.38. The van der Waals surface area contributed by atoms with Gasteiger partial charge in [0, 0.05) is 5.69 Å². The quantitative estimate of drug-likeness (QED) is 0.681. The summed E-state index contributed by atoms with van der Waals surface area (Å²) < 4.78 is 25.8. The van der Waals surface area contributed by atoms with E-state index < -0.39 is 10.0 Å². The van der Waals surface area contributed by atoms with Crippen LogP contribution in [-0.4, -0.2) is 14.7 Å². The van der Waals surface area contributed by atoms with E-state index in [0.717, 1.165) is 24.0 Å². The zero-order valence-electron chi connectivity index (χ0n) is 16.1. The number of benzene rings is 3. The van der Waals surface area contributed by atoms with Gasteiger partial charge in [0.25, 0.3) is 0 Å². The average Bonchev–Trinajstić information content (AvgIpc) is 2.81. The molecule has 0 saturated carbocycles. The highest BCUT2D eigenvalue weighted by molar-refractivity contribution is 7.92. The number of anilines is 1. The predicted octanol–water partition coefficient (Wildman–Crippen LogP) is 5.05. The summed E-state index contributed by atoms with van der Waals surface area (Å²) in [6.45, 7) is 2.05. The second-order valence-corrected chi connectivity index (χ2v) is 9.07. The molecule has 1 aliphatic rings. The zero-order chi connectivity index (χ0) is 19.7. The Hall–Kier alpha value is -2.85. The Morgan fingerprint density at radius 3 is 2.00 bits per heavy atom. The van der Waals surface area contributed by atoms with Gasteiger partial charge in [-0.2, -0.15) is 0 Å². The smallest absolute Gasteiger partial charge is 0.229 e. The van der Waals surface area contributed by atoms with Crippen molar-refractivity contribution in [3.05, 3.63) is 100 Å².